The van der Waals surface area contributed by atoms with Crippen molar-refractivity contribution in [1.29, 1.82) is 0 Å². The van der Waals surface area contributed by atoms with E-state index in [-0.39, 0.29) is 10.8 Å². The van der Waals surface area contributed by atoms with Crippen molar-refractivity contribution in [3.63, 3.8) is 0 Å². The summed E-state index contributed by atoms with van der Waals surface area (Å²) in [5, 5.41) is 0. The average molecular weight is 309 g/mol. The van der Waals surface area contributed by atoms with Gasteiger partial charge in [-0.3, -0.25) is 0 Å². The van der Waals surface area contributed by atoms with E-state index in [9.17, 15) is 0 Å². The van der Waals surface area contributed by atoms with E-state index in [0.717, 1.165) is 77.5 Å². The molecule has 1 rings (SSSR count). The second kappa shape index (κ2) is 10.2. The van der Waals surface area contributed by atoms with Crippen LogP contribution in [-0.2, 0) is 0 Å². The normalized spacial score (nSPS) is 18.7. The van der Waals surface area contributed by atoms with E-state index >= 15 is 0 Å². The van der Waals surface area contributed by atoms with Gasteiger partial charge in [-0.05, 0) is 77.5 Å². The Morgan fingerprint density at radius 1 is 0.455 bits per heavy atom. The van der Waals surface area contributed by atoms with Gasteiger partial charge in [-0.25, -0.2) is 0 Å². The van der Waals surface area contributed by atoms with Gasteiger partial charge in [0.25, 0.3) is 0 Å². The smallest absolute Gasteiger partial charge is 0.00625 e. The molecule has 0 unspecified atom stereocenters. The lowest BCUT2D eigenvalue weighted by Crippen LogP contribution is -2.27. The minimum Gasteiger partial charge on any atom is -0.330 e. The van der Waals surface area contributed by atoms with Gasteiger partial charge in [0.1, 0.15) is 0 Å². The molecule has 0 saturated carbocycles. The van der Waals surface area contributed by atoms with Gasteiger partial charge < -0.3 is 22.9 Å². The molecule has 0 aliphatic heterocycles. The predicted octanol–water partition coefficient (Wildman–Crippen LogP) is 2.04. The molecule has 0 aromatic carbocycles. The zero-order valence-electron chi connectivity index (χ0n) is 14.1. The lowest BCUT2D eigenvalue weighted by atomic mass is 9.67. The number of hydrogen-bond donors (Lipinski definition) is 4. The van der Waals surface area contributed by atoms with Crippen molar-refractivity contribution in [2.75, 3.05) is 26.2 Å². The Balaban J connectivity index is 2.83. The fourth-order valence-electron chi connectivity index (χ4n) is 3.42. The van der Waals surface area contributed by atoms with E-state index in [4.69, 9.17) is 22.9 Å². The molecule has 128 valence electrons. The Kier molecular flexibility index (Phi) is 8.95. The van der Waals surface area contributed by atoms with Crippen LogP contribution < -0.4 is 22.9 Å². The van der Waals surface area contributed by atoms with Crippen molar-refractivity contribution in [2.45, 2.75) is 51.4 Å². The third-order valence-corrected chi connectivity index (χ3v) is 4.88. The molecule has 0 aromatic heterocycles. The number of rotatable bonds is 12. The largest absolute Gasteiger partial charge is 0.330 e. The Morgan fingerprint density at radius 3 is 0.864 bits per heavy atom. The molecule has 1 aliphatic rings. The van der Waals surface area contributed by atoms with Crippen molar-refractivity contribution in [1.82, 2.24) is 0 Å². The second-order valence-electron chi connectivity index (χ2n) is 6.70. The summed E-state index contributed by atoms with van der Waals surface area (Å²) in [7, 11) is 0. The van der Waals surface area contributed by atoms with Crippen LogP contribution in [-0.4, -0.2) is 26.2 Å². The quantitative estimate of drug-likeness (QED) is 0.414. The molecule has 4 heteroatoms. The number of nitrogens with two attached hydrogens (primary N) is 4. The van der Waals surface area contributed by atoms with Crippen molar-refractivity contribution in [2.24, 2.45) is 33.8 Å². The molecule has 22 heavy (non-hydrogen) atoms. The van der Waals surface area contributed by atoms with Crippen molar-refractivity contribution < 1.29 is 0 Å². The molecule has 0 atom stereocenters. The van der Waals surface area contributed by atoms with Crippen LogP contribution in [0.5, 0.6) is 0 Å². The van der Waals surface area contributed by atoms with E-state index in [1.165, 1.54) is 0 Å². The molecule has 8 N–H and O–H groups in total. The van der Waals surface area contributed by atoms with Gasteiger partial charge in [-0.2, -0.15) is 0 Å². The third-order valence-electron chi connectivity index (χ3n) is 4.88. The summed E-state index contributed by atoms with van der Waals surface area (Å²) in [6.07, 6.45) is 18.3. The Labute approximate surface area is 136 Å². The van der Waals surface area contributed by atoms with Gasteiger partial charge in [-0.15, -0.1) is 0 Å². The zero-order valence-corrected chi connectivity index (χ0v) is 14.1. The first-order valence-electron chi connectivity index (χ1n) is 8.87. The zero-order chi connectivity index (χ0) is 16.3. The monoisotopic (exact) mass is 308 g/mol. The van der Waals surface area contributed by atoms with Gasteiger partial charge >= 0.3 is 0 Å². The first kappa shape index (κ1) is 19.4. The third kappa shape index (κ3) is 5.84. The van der Waals surface area contributed by atoms with Gasteiger partial charge in [-0.1, -0.05) is 24.3 Å². The van der Waals surface area contributed by atoms with Gasteiger partial charge in [0.15, 0.2) is 0 Å². The minimum absolute atomic E-state index is 0.146. The van der Waals surface area contributed by atoms with E-state index in [1.54, 1.807) is 0 Å². The van der Waals surface area contributed by atoms with Crippen LogP contribution in [0.15, 0.2) is 24.3 Å². The summed E-state index contributed by atoms with van der Waals surface area (Å²) in [4.78, 5) is 0. The highest BCUT2D eigenvalue weighted by molar-refractivity contribution is 5.26. The maximum Gasteiger partial charge on any atom is 0.00625 e. The van der Waals surface area contributed by atoms with Crippen LogP contribution in [0.1, 0.15) is 51.4 Å². The molecule has 0 saturated heterocycles. The maximum absolute atomic E-state index is 5.72. The van der Waals surface area contributed by atoms with Gasteiger partial charge in [0.2, 0.25) is 0 Å². The molecule has 0 amide bonds. The molecule has 1 aliphatic carbocycles. The SMILES string of the molecule is NCCCC1(CCCN)C=CC(CCCN)(CCCN)C=C1. The van der Waals surface area contributed by atoms with E-state index < -0.39 is 0 Å². The van der Waals surface area contributed by atoms with E-state index in [2.05, 4.69) is 24.3 Å². The molecule has 0 bridgehead atoms. The molecular weight excluding hydrogens is 272 g/mol. The molecule has 0 radical (unpaired) electrons. The fourth-order valence-corrected chi connectivity index (χ4v) is 3.42. The van der Waals surface area contributed by atoms with E-state index in [0.29, 0.717) is 0 Å². The fraction of sp³-hybridized carbons (Fsp3) is 0.778. The lowest BCUT2D eigenvalue weighted by molar-refractivity contribution is 0.338. The first-order valence-corrected chi connectivity index (χ1v) is 8.87. The molecule has 0 spiro atoms. The molecular formula is C18H36N4. The first-order chi connectivity index (χ1) is 10.7. The minimum atomic E-state index is 0.146. The van der Waals surface area contributed by atoms with Crippen LogP contribution in [0.2, 0.25) is 0 Å². The predicted molar refractivity (Wildman–Crippen MR) is 96.3 cm³/mol. The summed E-state index contributed by atoms with van der Waals surface area (Å²) in [5.74, 6) is 0. The summed E-state index contributed by atoms with van der Waals surface area (Å²) >= 11 is 0. The second-order valence-corrected chi connectivity index (χ2v) is 6.70. The van der Waals surface area contributed by atoms with Crippen molar-refractivity contribution >= 4 is 0 Å². The highest BCUT2D eigenvalue weighted by atomic mass is 14.5. The van der Waals surface area contributed by atoms with Crippen molar-refractivity contribution in [3.05, 3.63) is 24.3 Å². The topological polar surface area (TPSA) is 104 Å². The van der Waals surface area contributed by atoms with Crippen LogP contribution in [0.4, 0.5) is 0 Å². The van der Waals surface area contributed by atoms with Crippen LogP contribution >= 0.6 is 0 Å². The van der Waals surface area contributed by atoms with Gasteiger partial charge in [0, 0.05) is 10.8 Å². The molecule has 0 heterocycles. The highest BCUT2D eigenvalue weighted by Crippen LogP contribution is 2.44. The lowest BCUT2D eigenvalue weighted by Gasteiger charge is -2.37. The van der Waals surface area contributed by atoms with Crippen LogP contribution in [0, 0.1) is 10.8 Å². The number of hydrogen-bond acceptors (Lipinski definition) is 4. The van der Waals surface area contributed by atoms with Crippen molar-refractivity contribution in [3.8, 4) is 0 Å². The highest BCUT2D eigenvalue weighted by Gasteiger charge is 2.32. The Hall–Kier alpha value is -0.680. The standard InChI is InChI=1S/C18H36N4/c19-13-1-5-17(6-2-14-20)9-11-18(12-10-17,7-3-15-21)8-4-16-22/h9-12H,1-8,13-16,19-22H2. The molecule has 0 aromatic rings. The average Bonchev–Trinajstić information content (AvgIpc) is 2.56. The maximum atomic E-state index is 5.72. The summed E-state index contributed by atoms with van der Waals surface area (Å²) < 4.78 is 0. The van der Waals surface area contributed by atoms with E-state index in [1.807, 2.05) is 0 Å². The summed E-state index contributed by atoms with van der Waals surface area (Å²) in [6, 6.07) is 0. The van der Waals surface area contributed by atoms with Gasteiger partial charge in [0.05, 0.1) is 0 Å². The Bertz CT molecular complexity index is 283. The van der Waals surface area contributed by atoms with Crippen LogP contribution in [0.3, 0.4) is 0 Å². The molecule has 0 fully saturated rings. The number of allylic oxidation sites excluding steroid dienone is 4. The Morgan fingerprint density at radius 2 is 0.682 bits per heavy atom. The molecule has 4 nitrogen and oxygen atoms in total. The summed E-state index contributed by atoms with van der Waals surface area (Å²) in [5.41, 5.74) is 23.2. The summed E-state index contributed by atoms with van der Waals surface area (Å²) in [6.45, 7) is 2.99. The van der Waals surface area contributed by atoms with Crippen LogP contribution in [0.25, 0.3) is 0 Å².